The largest absolute Gasteiger partial charge is 0.390 e. The van der Waals surface area contributed by atoms with Crippen molar-refractivity contribution in [3.63, 3.8) is 0 Å². The molecule has 4 rings (SSSR count). The second-order valence-electron chi connectivity index (χ2n) is 6.81. The van der Waals surface area contributed by atoms with Gasteiger partial charge in [-0.15, -0.1) is 11.3 Å². The third-order valence-electron chi connectivity index (χ3n) is 4.23. The van der Waals surface area contributed by atoms with Gasteiger partial charge in [-0.25, -0.2) is 9.97 Å². The van der Waals surface area contributed by atoms with E-state index < -0.39 is 5.60 Å². The molecule has 0 atom stereocenters. The maximum Gasteiger partial charge on any atom is 0.224 e. The smallest absolute Gasteiger partial charge is 0.224 e. The topological polar surface area (TPSA) is 63.8 Å². The summed E-state index contributed by atoms with van der Waals surface area (Å²) in [5, 5.41) is 13.3. The molecule has 4 aromatic rings. The van der Waals surface area contributed by atoms with Crippen LogP contribution in [0.25, 0.3) is 26.9 Å². The lowest BCUT2D eigenvalue weighted by Gasteiger charge is -2.16. The van der Waals surface area contributed by atoms with Crippen molar-refractivity contribution in [1.82, 2.24) is 19.5 Å². The van der Waals surface area contributed by atoms with Gasteiger partial charge in [-0.1, -0.05) is 0 Å². The van der Waals surface area contributed by atoms with Gasteiger partial charge in [-0.05, 0) is 77.3 Å². The van der Waals surface area contributed by atoms with E-state index in [2.05, 4.69) is 37.1 Å². The fourth-order valence-corrected chi connectivity index (χ4v) is 4.27. The molecule has 4 heterocycles. The van der Waals surface area contributed by atoms with E-state index in [1.165, 1.54) is 0 Å². The minimum absolute atomic E-state index is 0.221. The van der Waals surface area contributed by atoms with E-state index >= 15 is 0 Å². The van der Waals surface area contributed by atoms with Crippen molar-refractivity contribution in [1.29, 1.82) is 0 Å². The van der Waals surface area contributed by atoms with E-state index in [9.17, 15) is 5.11 Å². The van der Waals surface area contributed by atoms with E-state index in [-0.39, 0.29) is 5.28 Å². The Morgan fingerprint density at radius 1 is 1.35 bits per heavy atom. The van der Waals surface area contributed by atoms with Crippen LogP contribution in [0.15, 0.2) is 34.5 Å². The molecule has 1 N–H and O–H groups in total. The second-order valence-corrected chi connectivity index (χ2v) is 8.88. The SMILES string of the molecule is CC(C)(O)CCc1cn(-c2nc(Cl)nc3ccsc23)c2cc(Br)ncc12. The third-order valence-corrected chi connectivity index (χ3v) is 5.73. The molecule has 26 heavy (non-hydrogen) atoms. The number of rotatable bonds is 4. The Hall–Kier alpha value is -1.54. The van der Waals surface area contributed by atoms with E-state index in [0.717, 1.165) is 43.5 Å². The molecule has 134 valence electrons. The summed E-state index contributed by atoms with van der Waals surface area (Å²) >= 11 is 11.2. The molecule has 0 aliphatic carbocycles. The molecule has 0 fully saturated rings. The molecule has 0 aliphatic heterocycles. The lowest BCUT2D eigenvalue weighted by Crippen LogP contribution is -2.19. The van der Waals surface area contributed by atoms with Crippen LogP contribution >= 0.6 is 38.9 Å². The first-order valence-corrected chi connectivity index (χ1v) is 10.2. The molecule has 0 amide bonds. The average molecular weight is 452 g/mol. The Balaban J connectivity index is 1.94. The fourth-order valence-electron chi connectivity index (χ4n) is 2.96. The fraction of sp³-hybridized carbons (Fsp3) is 0.278. The van der Waals surface area contributed by atoms with Crippen LogP contribution in [-0.2, 0) is 6.42 Å². The molecule has 0 aliphatic rings. The molecule has 0 spiro atoms. The van der Waals surface area contributed by atoms with Gasteiger partial charge in [-0.3, -0.25) is 4.57 Å². The van der Waals surface area contributed by atoms with E-state index in [1.807, 2.05) is 42.1 Å². The van der Waals surface area contributed by atoms with Crippen LogP contribution in [0.3, 0.4) is 0 Å². The lowest BCUT2D eigenvalue weighted by molar-refractivity contribution is 0.0715. The van der Waals surface area contributed by atoms with Gasteiger partial charge in [0, 0.05) is 17.8 Å². The quantitative estimate of drug-likeness (QED) is 0.344. The molecular formula is C18H16BrClN4OS. The van der Waals surface area contributed by atoms with Crippen molar-refractivity contribution in [3.8, 4) is 5.82 Å². The summed E-state index contributed by atoms with van der Waals surface area (Å²) in [4.78, 5) is 13.2. The summed E-state index contributed by atoms with van der Waals surface area (Å²) in [6.07, 6.45) is 5.30. The predicted octanol–water partition coefficient (Wildman–Crippen LogP) is 5.15. The minimum Gasteiger partial charge on any atom is -0.390 e. The van der Waals surface area contributed by atoms with Gasteiger partial charge < -0.3 is 5.11 Å². The first-order valence-electron chi connectivity index (χ1n) is 8.11. The van der Waals surface area contributed by atoms with Gasteiger partial charge in [0.1, 0.15) is 4.60 Å². The van der Waals surface area contributed by atoms with Crippen molar-refractivity contribution in [3.05, 3.63) is 45.4 Å². The van der Waals surface area contributed by atoms with E-state index in [1.54, 1.807) is 11.3 Å². The van der Waals surface area contributed by atoms with Crippen molar-refractivity contribution < 1.29 is 5.11 Å². The number of nitrogens with zero attached hydrogens (tertiary/aromatic N) is 4. The van der Waals surface area contributed by atoms with Crippen LogP contribution in [0.5, 0.6) is 0 Å². The number of hydrogen-bond donors (Lipinski definition) is 1. The highest BCUT2D eigenvalue weighted by atomic mass is 79.9. The maximum atomic E-state index is 10.1. The third kappa shape index (κ3) is 3.36. The molecule has 0 bridgehead atoms. The molecule has 0 saturated carbocycles. The molecule has 0 unspecified atom stereocenters. The normalized spacial score (nSPS) is 12.3. The van der Waals surface area contributed by atoms with Crippen molar-refractivity contribution >= 4 is 60.0 Å². The number of thiophene rings is 1. The monoisotopic (exact) mass is 450 g/mol. The number of aryl methyl sites for hydroxylation is 1. The number of pyridine rings is 1. The van der Waals surface area contributed by atoms with E-state index in [0.29, 0.717) is 6.42 Å². The van der Waals surface area contributed by atoms with Gasteiger partial charge in [0.15, 0.2) is 5.82 Å². The standard InChI is InChI=1S/C18H16BrClN4OS/c1-18(2,25)5-3-10-9-24(13-7-14(19)21-8-11(10)13)16-15-12(4-6-26-15)22-17(20)23-16/h4,6-9,25H,3,5H2,1-2H3. The first kappa shape index (κ1) is 17.9. The molecule has 0 saturated heterocycles. The van der Waals surface area contributed by atoms with Crippen LogP contribution in [0.1, 0.15) is 25.8 Å². The Bertz CT molecular complexity index is 1120. The Morgan fingerprint density at radius 3 is 2.92 bits per heavy atom. The highest BCUT2D eigenvalue weighted by Crippen LogP contribution is 2.32. The summed E-state index contributed by atoms with van der Waals surface area (Å²) in [6, 6.07) is 3.91. The molecule has 4 aromatic heterocycles. The average Bonchev–Trinajstić information content (AvgIpc) is 3.15. The number of fused-ring (bicyclic) bond motifs is 2. The van der Waals surface area contributed by atoms with Gasteiger partial charge in [0.2, 0.25) is 5.28 Å². The van der Waals surface area contributed by atoms with Crippen LogP contribution in [0.4, 0.5) is 0 Å². The highest BCUT2D eigenvalue weighted by Gasteiger charge is 2.18. The van der Waals surface area contributed by atoms with Crippen molar-refractivity contribution in [2.75, 3.05) is 0 Å². The number of aromatic nitrogens is 4. The van der Waals surface area contributed by atoms with E-state index in [4.69, 9.17) is 11.6 Å². The Kier molecular flexibility index (Phi) is 4.51. The number of aliphatic hydroxyl groups is 1. The summed E-state index contributed by atoms with van der Waals surface area (Å²) in [5.74, 6) is 0.757. The van der Waals surface area contributed by atoms with Crippen molar-refractivity contribution in [2.45, 2.75) is 32.3 Å². The summed E-state index contributed by atoms with van der Waals surface area (Å²) in [6.45, 7) is 3.64. The summed E-state index contributed by atoms with van der Waals surface area (Å²) in [7, 11) is 0. The van der Waals surface area contributed by atoms with Gasteiger partial charge >= 0.3 is 0 Å². The minimum atomic E-state index is -0.726. The second kappa shape index (κ2) is 6.56. The number of halogens is 2. The molecule has 8 heteroatoms. The molecule has 0 radical (unpaired) electrons. The van der Waals surface area contributed by atoms with Crippen LogP contribution < -0.4 is 0 Å². The molecule has 0 aromatic carbocycles. The zero-order chi connectivity index (χ0) is 18.5. The van der Waals surface area contributed by atoms with Gasteiger partial charge in [-0.2, -0.15) is 4.98 Å². The van der Waals surface area contributed by atoms with Crippen LogP contribution in [-0.4, -0.2) is 30.2 Å². The van der Waals surface area contributed by atoms with Gasteiger partial charge in [0.25, 0.3) is 0 Å². The zero-order valence-corrected chi connectivity index (χ0v) is 17.4. The Morgan fingerprint density at radius 2 is 2.15 bits per heavy atom. The molecule has 5 nitrogen and oxygen atoms in total. The lowest BCUT2D eigenvalue weighted by atomic mass is 9.99. The number of hydrogen-bond acceptors (Lipinski definition) is 5. The first-order chi connectivity index (χ1) is 12.3. The van der Waals surface area contributed by atoms with Gasteiger partial charge in [0.05, 0.1) is 21.3 Å². The van der Waals surface area contributed by atoms with Crippen LogP contribution in [0.2, 0.25) is 5.28 Å². The zero-order valence-electron chi connectivity index (χ0n) is 14.2. The predicted molar refractivity (Wildman–Crippen MR) is 109 cm³/mol. The van der Waals surface area contributed by atoms with Crippen molar-refractivity contribution in [2.24, 2.45) is 0 Å². The summed E-state index contributed by atoms with van der Waals surface area (Å²) in [5.41, 5.74) is 2.21. The van der Waals surface area contributed by atoms with Crippen LogP contribution in [0, 0.1) is 0 Å². The Labute approximate surface area is 167 Å². The highest BCUT2D eigenvalue weighted by molar-refractivity contribution is 9.10. The maximum absolute atomic E-state index is 10.1. The summed E-state index contributed by atoms with van der Waals surface area (Å²) < 4.78 is 3.77. The molecular weight excluding hydrogens is 436 g/mol.